The fraction of sp³-hybridized carbons (Fsp3) is 0.600. The predicted octanol–water partition coefficient (Wildman–Crippen LogP) is 5.21. The van der Waals surface area contributed by atoms with Crippen molar-refractivity contribution in [2.45, 2.75) is 110 Å². The molecule has 3 N–H and O–H groups in total. The zero-order valence-corrected chi connectivity index (χ0v) is 37.2. The Morgan fingerprint density at radius 3 is 2.68 bits per heavy atom. The molecule has 1 aromatic carbocycles. The van der Waals surface area contributed by atoms with Gasteiger partial charge in [-0.3, -0.25) is 34.2 Å². The van der Waals surface area contributed by atoms with Gasteiger partial charge in [-0.25, -0.2) is 5.43 Å². The minimum absolute atomic E-state index is 0.0855. The summed E-state index contributed by atoms with van der Waals surface area (Å²) in [4.78, 5) is 67.7. The molecule has 0 radical (unpaired) electrons. The first-order chi connectivity index (χ1) is 28.7. The van der Waals surface area contributed by atoms with E-state index >= 15 is 0 Å². The summed E-state index contributed by atoms with van der Waals surface area (Å²) in [6.45, 7) is 14.8. The average molecular weight is 843 g/mol. The normalized spacial score (nSPS) is 24.5. The van der Waals surface area contributed by atoms with Crippen molar-refractivity contribution < 1.29 is 28.7 Å². The van der Waals surface area contributed by atoms with E-state index < -0.39 is 35.4 Å². The van der Waals surface area contributed by atoms with Crippen molar-refractivity contribution in [2.75, 3.05) is 46.2 Å². The number of carbonyl (C=O) groups is 4. The predicted molar refractivity (Wildman–Crippen MR) is 234 cm³/mol. The van der Waals surface area contributed by atoms with E-state index in [0.29, 0.717) is 38.1 Å². The first-order valence-corrected chi connectivity index (χ1v) is 22.5. The van der Waals surface area contributed by atoms with Crippen LogP contribution in [0.25, 0.3) is 22.2 Å². The molecule has 4 aliphatic rings. The number of thioether (sulfide) groups is 1. The Morgan fingerprint density at radius 2 is 1.97 bits per heavy atom. The lowest BCUT2D eigenvalue weighted by atomic mass is 9.84. The number of likely N-dealkylation sites (N-methyl/N-ethyl adjacent to an activating group) is 1. The number of cyclic esters (lactones) is 1. The Hall–Kier alpha value is -4.31. The SMILES string of the molecule is CCn1c(-c2cccnc2[C@H](C)OC)c2c3cc(ccc31)C1CSC(=N1)C[C@H](NC(=O)[C@H](C(C)C)N(C)C(=O)[C@H]1CCNC1)C(=O)N1CCC[C@H](N1)C(=O)OCC(C)(C)C2. The van der Waals surface area contributed by atoms with Gasteiger partial charge in [0, 0.05) is 74.0 Å². The van der Waals surface area contributed by atoms with Gasteiger partial charge in [0.15, 0.2) is 0 Å². The highest BCUT2D eigenvalue weighted by molar-refractivity contribution is 8.14. The zero-order valence-electron chi connectivity index (χ0n) is 36.4. The van der Waals surface area contributed by atoms with E-state index in [1.54, 1.807) is 37.0 Å². The molecule has 2 saturated heterocycles. The van der Waals surface area contributed by atoms with Gasteiger partial charge in [-0.2, -0.15) is 0 Å². The topological polar surface area (TPSA) is 159 Å². The molecule has 4 aliphatic heterocycles. The molecule has 15 heteroatoms. The van der Waals surface area contributed by atoms with Gasteiger partial charge in [0.2, 0.25) is 11.8 Å². The van der Waals surface area contributed by atoms with Crippen LogP contribution in [0.15, 0.2) is 41.5 Å². The van der Waals surface area contributed by atoms with E-state index in [0.717, 1.165) is 63.5 Å². The number of nitrogens with one attached hydrogen (secondary N) is 3. The van der Waals surface area contributed by atoms with Crippen molar-refractivity contribution in [1.82, 2.24) is 35.5 Å². The van der Waals surface area contributed by atoms with Gasteiger partial charge in [-0.15, -0.1) is 11.8 Å². The monoisotopic (exact) mass is 842 g/mol. The van der Waals surface area contributed by atoms with E-state index in [1.807, 2.05) is 26.8 Å². The number of hydrogen-bond acceptors (Lipinski definition) is 11. The highest BCUT2D eigenvalue weighted by atomic mass is 32.2. The second-order valence-corrected chi connectivity index (χ2v) is 19.0. The molecule has 0 aliphatic carbocycles. The number of hydrogen-bond donors (Lipinski definition) is 3. The lowest BCUT2D eigenvalue weighted by molar-refractivity contribution is -0.155. The molecule has 0 saturated carbocycles. The Morgan fingerprint density at radius 1 is 1.17 bits per heavy atom. The first kappa shape index (κ1) is 43.8. The maximum atomic E-state index is 14.5. The van der Waals surface area contributed by atoms with Gasteiger partial charge >= 0.3 is 5.97 Å². The molecule has 2 aromatic heterocycles. The molecule has 7 rings (SSSR count). The number of esters is 1. The number of rotatable bonds is 9. The molecule has 60 heavy (non-hydrogen) atoms. The Balaban J connectivity index is 1.29. The lowest BCUT2D eigenvalue weighted by Crippen LogP contribution is -2.62. The maximum absolute atomic E-state index is 14.5. The summed E-state index contributed by atoms with van der Waals surface area (Å²) >= 11 is 1.59. The number of aryl methyl sites for hydroxylation is 1. The molecule has 3 amide bonds. The highest BCUT2D eigenvalue weighted by Crippen LogP contribution is 2.42. The zero-order chi connectivity index (χ0) is 42.9. The minimum Gasteiger partial charge on any atom is -0.464 e. The third kappa shape index (κ3) is 9.00. The molecule has 6 bridgehead atoms. The van der Waals surface area contributed by atoms with Crippen LogP contribution in [0.5, 0.6) is 0 Å². The number of methoxy groups -OCH3 is 1. The second-order valence-electron chi connectivity index (χ2n) is 17.9. The summed E-state index contributed by atoms with van der Waals surface area (Å²) in [5.41, 5.74) is 8.91. The first-order valence-electron chi connectivity index (χ1n) is 21.6. The average Bonchev–Trinajstić information content (AvgIpc) is 4.01. The number of nitrogens with zero attached hydrogens (tertiary/aromatic N) is 5. The maximum Gasteiger partial charge on any atom is 0.324 e. The van der Waals surface area contributed by atoms with Gasteiger partial charge in [-0.05, 0) is 87.4 Å². The molecule has 14 nitrogen and oxygen atoms in total. The number of amides is 3. The van der Waals surface area contributed by atoms with Crippen LogP contribution in [-0.4, -0.2) is 112 Å². The van der Waals surface area contributed by atoms with Crippen LogP contribution in [0.1, 0.15) is 96.2 Å². The molecule has 2 fully saturated rings. The molecule has 0 spiro atoms. The van der Waals surface area contributed by atoms with Crippen LogP contribution in [0.2, 0.25) is 0 Å². The van der Waals surface area contributed by atoms with Gasteiger partial charge in [0.05, 0.1) is 41.1 Å². The number of aromatic nitrogens is 2. The molecular formula is C45H62N8O6S. The van der Waals surface area contributed by atoms with E-state index in [-0.39, 0.29) is 48.8 Å². The third-order valence-corrected chi connectivity index (χ3v) is 13.6. The van der Waals surface area contributed by atoms with Crippen molar-refractivity contribution in [3.63, 3.8) is 0 Å². The van der Waals surface area contributed by atoms with E-state index in [9.17, 15) is 19.2 Å². The molecular weight excluding hydrogens is 781 g/mol. The summed E-state index contributed by atoms with van der Waals surface area (Å²) < 4.78 is 14.3. The van der Waals surface area contributed by atoms with E-state index in [4.69, 9.17) is 19.5 Å². The van der Waals surface area contributed by atoms with Gasteiger partial charge in [-0.1, -0.05) is 33.8 Å². The van der Waals surface area contributed by atoms with Gasteiger partial charge in [0.25, 0.3) is 5.91 Å². The third-order valence-electron chi connectivity index (χ3n) is 12.5. The van der Waals surface area contributed by atoms with Crippen molar-refractivity contribution in [2.24, 2.45) is 22.2 Å². The molecule has 6 atom stereocenters. The standard InChI is InChI=1S/C45H62N8O6S/c1-9-52-36-15-14-28-20-31(36)32(40(52)30-12-10-17-47-38(30)27(4)58-8)22-45(5,6)25-59-44(57)33-13-11-19-53(50-33)43(56)34(21-37-48-35(28)24-60-37)49-41(54)39(26(2)3)51(7)42(55)29-16-18-46-23-29/h10,12,14-15,17,20,26-27,29,33-35,39,46,50H,9,11,13,16,18-19,21-25H2,1-8H3,(H,49,54)/t27-,29-,33-,34-,35?,39-/m0/s1. The van der Waals surface area contributed by atoms with Crippen molar-refractivity contribution in [3.05, 3.63) is 53.3 Å². The van der Waals surface area contributed by atoms with Crippen LogP contribution < -0.4 is 16.1 Å². The smallest absolute Gasteiger partial charge is 0.324 e. The van der Waals surface area contributed by atoms with Crippen LogP contribution >= 0.6 is 11.8 Å². The number of aliphatic imine (C=N–C) groups is 1. The quantitative estimate of drug-likeness (QED) is 0.245. The number of ether oxygens (including phenoxy) is 2. The molecule has 1 unspecified atom stereocenters. The van der Waals surface area contributed by atoms with Crippen LogP contribution in [-0.2, 0) is 41.6 Å². The summed E-state index contributed by atoms with van der Waals surface area (Å²) in [6, 6.07) is 7.98. The molecule has 3 aromatic rings. The van der Waals surface area contributed by atoms with Crippen molar-refractivity contribution in [3.8, 4) is 11.3 Å². The summed E-state index contributed by atoms with van der Waals surface area (Å²) in [5, 5.41) is 9.64. The number of hydrazine groups is 1. The van der Waals surface area contributed by atoms with Crippen LogP contribution in [0.3, 0.4) is 0 Å². The number of carbonyl (C=O) groups excluding carboxylic acids is 4. The van der Waals surface area contributed by atoms with Crippen molar-refractivity contribution >= 4 is 51.4 Å². The summed E-state index contributed by atoms with van der Waals surface area (Å²) in [7, 11) is 3.37. The molecule has 324 valence electrons. The van der Waals surface area contributed by atoms with Crippen LogP contribution in [0.4, 0.5) is 0 Å². The summed E-state index contributed by atoms with van der Waals surface area (Å²) in [5.74, 6) is -0.989. The number of fused-ring (bicyclic) bond motifs is 5. The fourth-order valence-electron chi connectivity index (χ4n) is 9.27. The number of pyridine rings is 1. The number of benzene rings is 1. The fourth-order valence-corrected chi connectivity index (χ4v) is 10.4. The van der Waals surface area contributed by atoms with E-state index in [1.165, 1.54) is 5.01 Å². The van der Waals surface area contributed by atoms with Crippen LogP contribution in [0, 0.1) is 17.3 Å². The minimum atomic E-state index is -0.987. The molecule has 6 heterocycles. The van der Waals surface area contributed by atoms with Crippen molar-refractivity contribution in [1.29, 1.82) is 0 Å². The van der Waals surface area contributed by atoms with Gasteiger partial charge in [0.1, 0.15) is 18.1 Å². The Labute approximate surface area is 357 Å². The largest absolute Gasteiger partial charge is 0.464 e. The van der Waals surface area contributed by atoms with E-state index in [2.05, 4.69) is 65.7 Å². The van der Waals surface area contributed by atoms with Gasteiger partial charge < -0.3 is 29.6 Å². The Kier molecular flexibility index (Phi) is 13.4. The highest BCUT2D eigenvalue weighted by Gasteiger charge is 2.40. The lowest BCUT2D eigenvalue weighted by Gasteiger charge is -2.37. The second kappa shape index (κ2) is 18.3. The summed E-state index contributed by atoms with van der Waals surface area (Å²) in [6.07, 6.45) is 4.16. The Bertz CT molecular complexity index is 2130.